The number of aryl methyl sites for hydroxylation is 1. The van der Waals surface area contributed by atoms with E-state index in [0.29, 0.717) is 6.61 Å². The van der Waals surface area contributed by atoms with E-state index in [9.17, 15) is 0 Å². The van der Waals surface area contributed by atoms with Crippen LogP contribution in [-0.4, -0.2) is 67.1 Å². The lowest BCUT2D eigenvalue weighted by Gasteiger charge is -2.34. The van der Waals surface area contributed by atoms with Crippen molar-refractivity contribution in [3.63, 3.8) is 0 Å². The van der Waals surface area contributed by atoms with Gasteiger partial charge in [0.1, 0.15) is 6.10 Å². The summed E-state index contributed by atoms with van der Waals surface area (Å²) >= 11 is 0. The molecule has 23 heavy (non-hydrogen) atoms. The Balaban J connectivity index is 0.00000264. The van der Waals surface area contributed by atoms with Crippen LogP contribution in [0.5, 0.6) is 0 Å². The molecule has 0 aliphatic carbocycles. The van der Waals surface area contributed by atoms with Crippen molar-refractivity contribution in [1.29, 1.82) is 0 Å². The summed E-state index contributed by atoms with van der Waals surface area (Å²) in [7, 11) is 3.74. The molecular formula is C15H28IN5O2. The van der Waals surface area contributed by atoms with Gasteiger partial charge in [-0.05, 0) is 13.3 Å². The first-order valence-corrected chi connectivity index (χ1v) is 7.88. The molecule has 2 heterocycles. The molecule has 1 saturated heterocycles. The quantitative estimate of drug-likeness (QED) is 0.316. The average Bonchev–Trinajstić information content (AvgIpc) is 2.98. The third kappa shape index (κ3) is 6.27. The minimum absolute atomic E-state index is 0. The van der Waals surface area contributed by atoms with Crippen molar-refractivity contribution in [1.82, 2.24) is 20.0 Å². The molecule has 0 aromatic carbocycles. The molecule has 132 valence electrons. The topological polar surface area (TPSA) is 63.9 Å². The first-order valence-electron chi connectivity index (χ1n) is 7.88. The molecule has 0 radical (unpaired) electrons. The van der Waals surface area contributed by atoms with Crippen molar-refractivity contribution in [3.8, 4) is 0 Å². The van der Waals surface area contributed by atoms with Gasteiger partial charge in [0.2, 0.25) is 0 Å². The number of guanidine groups is 1. The maximum absolute atomic E-state index is 5.86. The van der Waals surface area contributed by atoms with Crippen LogP contribution in [0.1, 0.15) is 25.0 Å². The van der Waals surface area contributed by atoms with Crippen molar-refractivity contribution in [3.05, 3.63) is 18.0 Å². The van der Waals surface area contributed by atoms with Crippen molar-refractivity contribution in [2.24, 2.45) is 12.0 Å². The van der Waals surface area contributed by atoms with Crippen molar-refractivity contribution in [2.75, 3.05) is 46.5 Å². The Labute approximate surface area is 155 Å². The van der Waals surface area contributed by atoms with Gasteiger partial charge in [-0.1, -0.05) is 0 Å². The number of ether oxygens (including phenoxy) is 2. The second kappa shape index (κ2) is 10.8. The third-order valence-electron chi connectivity index (χ3n) is 3.63. The van der Waals surface area contributed by atoms with Crippen LogP contribution in [0.2, 0.25) is 0 Å². The molecule has 1 aromatic rings. The van der Waals surface area contributed by atoms with Crippen LogP contribution in [0, 0.1) is 0 Å². The number of aromatic nitrogens is 2. The van der Waals surface area contributed by atoms with Crippen LogP contribution in [0.3, 0.4) is 0 Å². The minimum atomic E-state index is 0. The first-order chi connectivity index (χ1) is 10.7. The molecule has 1 unspecified atom stereocenters. The molecule has 7 nitrogen and oxygen atoms in total. The molecule has 1 N–H and O–H groups in total. The zero-order valence-corrected chi connectivity index (χ0v) is 16.5. The van der Waals surface area contributed by atoms with E-state index in [-0.39, 0.29) is 30.1 Å². The Bertz CT molecular complexity index is 480. The summed E-state index contributed by atoms with van der Waals surface area (Å²) < 4.78 is 13.0. The number of morpholine rings is 1. The molecule has 2 rings (SSSR count). The van der Waals surface area contributed by atoms with Crippen LogP contribution >= 0.6 is 24.0 Å². The highest BCUT2D eigenvalue weighted by atomic mass is 127. The smallest absolute Gasteiger partial charge is 0.193 e. The molecule has 0 amide bonds. The second-order valence-electron chi connectivity index (χ2n) is 5.28. The predicted octanol–water partition coefficient (Wildman–Crippen LogP) is 1.41. The lowest BCUT2D eigenvalue weighted by molar-refractivity contribution is -0.00805. The molecule has 1 aliphatic rings. The lowest BCUT2D eigenvalue weighted by atomic mass is 10.1. The average molecular weight is 437 g/mol. The number of nitrogens with zero attached hydrogens (tertiary/aromatic N) is 4. The van der Waals surface area contributed by atoms with Gasteiger partial charge in [-0.25, -0.2) is 0 Å². The fourth-order valence-corrected chi connectivity index (χ4v) is 2.50. The maximum atomic E-state index is 5.86. The van der Waals surface area contributed by atoms with Crippen LogP contribution in [0.4, 0.5) is 0 Å². The highest BCUT2D eigenvalue weighted by Crippen LogP contribution is 2.21. The number of halogens is 1. The molecule has 1 atom stereocenters. The Hall–Kier alpha value is -0.870. The fourth-order valence-electron chi connectivity index (χ4n) is 2.50. The highest BCUT2D eigenvalue weighted by Gasteiger charge is 2.24. The van der Waals surface area contributed by atoms with Gasteiger partial charge >= 0.3 is 0 Å². The summed E-state index contributed by atoms with van der Waals surface area (Å²) in [6, 6.07) is 0. The van der Waals surface area contributed by atoms with Gasteiger partial charge in [-0.2, -0.15) is 5.10 Å². The first kappa shape index (κ1) is 20.2. The lowest BCUT2D eigenvalue weighted by Crippen LogP contribution is -2.48. The monoisotopic (exact) mass is 437 g/mol. The van der Waals surface area contributed by atoms with Crippen molar-refractivity contribution < 1.29 is 9.47 Å². The van der Waals surface area contributed by atoms with Gasteiger partial charge in [-0.15, -0.1) is 24.0 Å². The number of hydrogen-bond donors (Lipinski definition) is 1. The summed E-state index contributed by atoms with van der Waals surface area (Å²) in [5.74, 6) is 0.925. The van der Waals surface area contributed by atoms with Crippen LogP contribution in [0.25, 0.3) is 0 Å². The Kier molecular flexibility index (Phi) is 9.49. The largest absolute Gasteiger partial charge is 0.382 e. The molecule has 0 spiro atoms. The Morgan fingerprint density at radius 1 is 1.57 bits per heavy atom. The molecule has 0 saturated carbocycles. The molecule has 8 heteroatoms. The van der Waals surface area contributed by atoms with Gasteiger partial charge in [0, 0.05) is 52.2 Å². The molecule has 1 aliphatic heterocycles. The molecular weight excluding hydrogens is 409 g/mol. The van der Waals surface area contributed by atoms with E-state index in [1.807, 2.05) is 33.4 Å². The number of nitrogens with one attached hydrogen (secondary N) is 1. The van der Waals surface area contributed by atoms with E-state index in [1.165, 1.54) is 0 Å². The number of rotatable bonds is 6. The van der Waals surface area contributed by atoms with E-state index in [0.717, 1.165) is 50.8 Å². The van der Waals surface area contributed by atoms with E-state index in [4.69, 9.17) is 9.47 Å². The zero-order chi connectivity index (χ0) is 15.8. The van der Waals surface area contributed by atoms with Gasteiger partial charge in [0.15, 0.2) is 5.96 Å². The second-order valence-corrected chi connectivity index (χ2v) is 5.28. The minimum Gasteiger partial charge on any atom is -0.382 e. The van der Waals surface area contributed by atoms with E-state index >= 15 is 0 Å². The summed E-state index contributed by atoms with van der Waals surface area (Å²) in [5, 5.41) is 7.61. The highest BCUT2D eigenvalue weighted by molar-refractivity contribution is 14.0. The summed E-state index contributed by atoms with van der Waals surface area (Å²) in [5.41, 5.74) is 1.11. The van der Waals surface area contributed by atoms with E-state index < -0.39 is 0 Å². The van der Waals surface area contributed by atoms with Crippen molar-refractivity contribution >= 4 is 29.9 Å². The summed E-state index contributed by atoms with van der Waals surface area (Å²) in [6.45, 7) is 6.76. The van der Waals surface area contributed by atoms with Crippen LogP contribution in [0.15, 0.2) is 17.4 Å². The third-order valence-corrected chi connectivity index (χ3v) is 3.63. The number of aliphatic imine (C=N–C) groups is 1. The summed E-state index contributed by atoms with van der Waals surface area (Å²) in [4.78, 5) is 6.62. The van der Waals surface area contributed by atoms with Crippen LogP contribution < -0.4 is 5.32 Å². The van der Waals surface area contributed by atoms with Crippen molar-refractivity contribution in [2.45, 2.75) is 19.4 Å². The Morgan fingerprint density at radius 2 is 2.39 bits per heavy atom. The normalized spacial score (nSPS) is 18.7. The van der Waals surface area contributed by atoms with Gasteiger partial charge in [-0.3, -0.25) is 9.67 Å². The maximum Gasteiger partial charge on any atom is 0.193 e. The standard InChI is InChI=1S/C15H27N5O2.HI/c1-4-21-8-5-6-17-15(16-2)20-7-9-22-14(12-20)13-10-18-19(3)11-13;/h10-11,14H,4-9,12H2,1-3H3,(H,16,17);1H. The van der Waals surface area contributed by atoms with E-state index in [1.54, 1.807) is 4.68 Å². The SMILES string of the molecule is CCOCCCNC(=NC)N1CCOC(c2cnn(C)c2)C1.I. The summed E-state index contributed by atoms with van der Waals surface area (Å²) in [6.07, 6.45) is 4.90. The zero-order valence-electron chi connectivity index (χ0n) is 14.2. The van der Waals surface area contributed by atoms with Crippen LogP contribution in [-0.2, 0) is 16.5 Å². The number of hydrogen-bond acceptors (Lipinski definition) is 4. The van der Waals surface area contributed by atoms with E-state index in [2.05, 4.69) is 20.3 Å². The van der Waals surface area contributed by atoms with Gasteiger partial charge in [0.25, 0.3) is 0 Å². The predicted molar refractivity (Wildman–Crippen MR) is 101 cm³/mol. The molecule has 1 fully saturated rings. The Morgan fingerprint density at radius 3 is 3.04 bits per heavy atom. The fraction of sp³-hybridized carbons (Fsp3) is 0.733. The molecule has 0 bridgehead atoms. The molecule has 1 aromatic heterocycles. The van der Waals surface area contributed by atoms with Gasteiger partial charge in [0.05, 0.1) is 19.3 Å². The van der Waals surface area contributed by atoms with Gasteiger partial charge < -0.3 is 19.7 Å².